The molecule has 2 saturated carbocycles. The lowest BCUT2D eigenvalue weighted by atomic mass is 9.98. The minimum Gasteiger partial charge on any atom is -0.456 e. The van der Waals surface area contributed by atoms with Gasteiger partial charge < -0.3 is 4.74 Å². The number of carbonyl (C=O) groups is 1. The number of hydrogen-bond donors (Lipinski definition) is 0. The maximum atomic E-state index is 12.1. The summed E-state index contributed by atoms with van der Waals surface area (Å²) in [5.41, 5.74) is 0.823. The quantitative estimate of drug-likeness (QED) is 0.668. The van der Waals surface area contributed by atoms with Crippen LogP contribution in [-0.4, -0.2) is 11.6 Å². The molecule has 16 heavy (non-hydrogen) atoms. The second-order valence-electron chi connectivity index (χ2n) is 5.94. The highest BCUT2D eigenvalue weighted by atomic mass is 16.6. The molecule has 0 radical (unpaired) electrons. The first kappa shape index (κ1) is 10.4. The maximum absolute atomic E-state index is 12.1. The molecular formula is C14H20O2. The van der Waals surface area contributed by atoms with E-state index >= 15 is 0 Å². The lowest BCUT2D eigenvalue weighted by Crippen LogP contribution is -2.29. The predicted octanol–water partition coefficient (Wildman–Crippen LogP) is 3.22. The van der Waals surface area contributed by atoms with E-state index in [1.165, 1.54) is 32.1 Å². The predicted molar refractivity (Wildman–Crippen MR) is 61.9 cm³/mol. The summed E-state index contributed by atoms with van der Waals surface area (Å²) < 4.78 is 5.73. The van der Waals surface area contributed by atoms with Crippen molar-refractivity contribution in [3.63, 3.8) is 0 Å². The zero-order valence-electron chi connectivity index (χ0n) is 10.00. The van der Waals surface area contributed by atoms with Crippen molar-refractivity contribution >= 4 is 5.97 Å². The van der Waals surface area contributed by atoms with Crippen LogP contribution in [0.3, 0.4) is 0 Å². The van der Waals surface area contributed by atoms with Crippen molar-refractivity contribution in [2.75, 3.05) is 0 Å². The second-order valence-corrected chi connectivity index (χ2v) is 5.94. The molecule has 2 unspecified atom stereocenters. The number of rotatable bonds is 2. The third-order valence-electron chi connectivity index (χ3n) is 4.56. The third kappa shape index (κ3) is 1.68. The van der Waals surface area contributed by atoms with Gasteiger partial charge in [-0.1, -0.05) is 6.08 Å². The Hall–Kier alpha value is -0.790. The highest BCUT2D eigenvalue weighted by Crippen LogP contribution is 2.45. The van der Waals surface area contributed by atoms with Crippen molar-refractivity contribution < 1.29 is 9.53 Å². The number of hydrogen-bond acceptors (Lipinski definition) is 2. The largest absolute Gasteiger partial charge is 0.456 e. The van der Waals surface area contributed by atoms with Gasteiger partial charge >= 0.3 is 5.97 Å². The summed E-state index contributed by atoms with van der Waals surface area (Å²) in [5.74, 6) is 1.17. The van der Waals surface area contributed by atoms with Gasteiger partial charge in [0.15, 0.2) is 0 Å². The fraction of sp³-hybridized carbons (Fsp3) is 0.786. The molecule has 0 N–H and O–H groups in total. The van der Waals surface area contributed by atoms with Crippen LogP contribution in [0.5, 0.6) is 0 Å². The van der Waals surface area contributed by atoms with Gasteiger partial charge in [0.1, 0.15) is 5.60 Å². The zero-order valence-corrected chi connectivity index (χ0v) is 10.00. The fourth-order valence-electron chi connectivity index (χ4n) is 3.58. The molecule has 2 bridgehead atoms. The maximum Gasteiger partial charge on any atom is 0.334 e. The zero-order chi connectivity index (χ0) is 11.2. The van der Waals surface area contributed by atoms with E-state index < -0.39 is 0 Å². The molecule has 0 heterocycles. The van der Waals surface area contributed by atoms with Crippen LogP contribution in [0.15, 0.2) is 11.6 Å². The van der Waals surface area contributed by atoms with E-state index in [1.807, 2.05) is 0 Å². The van der Waals surface area contributed by atoms with Gasteiger partial charge in [-0.25, -0.2) is 4.79 Å². The normalized spacial score (nSPS) is 35.2. The van der Waals surface area contributed by atoms with E-state index in [0.717, 1.165) is 18.4 Å². The molecule has 2 fully saturated rings. The van der Waals surface area contributed by atoms with Crippen LogP contribution in [0.2, 0.25) is 0 Å². The SMILES string of the molecule is CC1(OC(=O)C2=CC3CCC2C3)CCCC1. The summed E-state index contributed by atoms with van der Waals surface area (Å²) in [4.78, 5) is 12.1. The van der Waals surface area contributed by atoms with Crippen molar-refractivity contribution in [3.8, 4) is 0 Å². The lowest BCUT2D eigenvalue weighted by molar-refractivity contribution is -0.153. The molecule has 88 valence electrons. The van der Waals surface area contributed by atoms with Gasteiger partial charge in [0.25, 0.3) is 0 Å². The molecule has 0 amide bonds. The second kappa shape index (κ2) is 3.61. The molecule has 0 aliphatic heterocycles. The molecule has 0 aromatic heterocycles. The summed E-state index contributed by atoms with van der Waals surface area (Å²) in [6, 6.07) is 0. The first-order chi connectivity index (χ1) is 7.66. The van der Waals surface area contributed by atoms with Crippen molar-refractivity contribution in [1.29, 1.82) is 0 Å². The Morgan fingerprint density at radius 2 is 2.12 bits per heavy atom. The van der Waals surface area contributed by atoms with Crippen LogP contribution in [0, 0.1) is 11.8 Å². The molecule has 2 nitrogen and oxygen atoms in total. The minimum absolute atomic E-state index is 0.0170. The highest BCUT2D eigenvalue weighted by molar-refractivity contribution is 5.90. The average molecular weight is 220 g/mol. The fourth-order valence-corrected chi connectivity index (χ4v) is 3.58. The van der Waals surface area contributed by atoms with Crippen LogP contribution in [0.1, 0.15) is 51.9 Å². The van der Waals surface area contributed by atoms with Crippen LogP contribution >= 0.6 is 0 Å². The van der Waals surface area contributed by atoms with Crippen molar-refractivity contribution in [2.24, 2.45) is 11.8 Å². The molecule has 2 atom stereocenters. The van der Waals surface area contributed by atoms with Crippen LogP contribution in [-0.2, 0) is 9.53 Å². The number of fused-ring (bicyclic) bond motifs is 2. The van der Waals surface area contributed by atoms with Crippen LogP contribution in [0.4, 0.5) is 0 Å². The molecule has 3 aliphatic carbocycles. The van der Waals surface area contributed by atoms with Gasteiger partial charge in [0.05, 0.1) is 0 Å². The van der Waals surface area contributed by atoms with E-state index in [4.69, 9.17) is 4.74 Å². The molecular weight excluding hydrogens is 200 g/mol. The monoisotopic (exact) mass is 220 g/mol. The van der Waals surface area contributed by atoms with Crippen molar-refractivity contribution in [1.82, 2.24) is 0 Å². The Labute approximate surface area is 97.1 Å². The molecule has 0 aromatic carbocycles. The van der Waals surface area contributed by atoms with Gasteiger partial charge in [-0.05, 0) is 63.7 Å². The van der Waals surface area contributed by atoms with E-state index in [2.05, 4.69) is 13.0 Å². The average Bonchev–Trinajstić information content (AvgIpc) is 2.92. The number of carbonyl (C=O) groups excluding carboxylic acids is 1. The van der Waals surface area contributed by atoms with Gasteiger partial charge in [-0.2, -0.15) is 0 Å². The molecule has 3 aliphatic rings. The standard InChI is InChI=1S/C14H20O2/c1-14(6-2-3-7-14)16-13(15)12-9-10-4-5-11(12)8-10/h9-11H,2-8H2,1H3. The molecule has 0 saturated heterocycles. The first-order valence-corrected chi connectivity index (χ1v) is 6.61. The summed E-state index contributed by atoms with van der Waals surface area (Å²) in [5, 5.41) is 0. The van der Waals surface area contributed by atoms with Crippen molar-refractivity contribution in [2.45, 2.75) is 57.5 Å². The van der Waals surface area contributed by atoms with Crippen LogP contribution < -0.4 is 0 Å². The highest BCUT2D eigenvalue weighted by Gasteiger charge is 2.40. The topological polar surface area (TPSA) is 26.3 Å². The van der Waals surface area contributed by atoms with Gasteiger partial charge in [0, 0.05) is 5.57 Å². The minimum atomic E-state index is -0.167. The first-order valence-electron chi connectivity index (χ1n) is 6.61. The summed E-state index contributed by atoms with van der Waals surface area (Å²) in [6.07, 6.45) is 10.3. The number of esters is 1. The third-order valence-corrected chi connectivity index (χ3v) is 4.56. The summed E-state index contributed by atoms with van der Waals surface area (Å²) >= 11 is 0. The van der Waals surface area contributed by atoms with E-state index in [0.29, 0.717) is 11.8 Å². The van der Waals surface area contributed by atoms with E-state index in [1.54, 1.807) is 0 Å². The molecule has 3 rings (SSSR count). The Balaban J connectivity index is 1.68. The summed E-state index contributed by atoms with van der Waals surface area (Å²) in [6.45, 7) is 2.09. The van der Waals surface area contributed by atoms with Crippen molar-refractivity contribution in [3.05, 3.63) is 11.6 Å². The van der Waals surface area contributed by atoms with Gasteiger partial charge in [-0.3, -0.25) is 0 Å². The van der Waals surface area contributed by atoms with Gasteiger partial charge in [0.2, 0.25) is 0 Å². The smallest absolute Gasteiger partial charge is 0.334 e. The lowest BCUT2D eigenvalue weighted by Gasteiger charge is -2.25. The Morgan fingerprint density at radius 1 is 1.38 bits per heavy atom. The van der Waals surface area contributed by atoms with E-state index in [9.17, 15) is 4.79 Å². The number of ether oxygens (including phenoxy) is 1. The molecule has 0 spiro atoms. The Kier molecular flexibility index (Phi) is 2.34. The van der Waals surface area contributed by atoms with Crippen LogP contribution in [0.25, 0.3) is 0 Å². The Bertz CT molecular complexity index is 337. The molecule has 0 aromatic rings. The number of allylic oxidation sites excluding steroid dienone is 1. The van der Waals surface area contributed by atoms with E-state index in [-0.39, 0.29) is 11.6 Å². The summed E-state index contributed by atoms with van der Waals surface area (Å²) in [7, 11) is 0. The van der Waals surface area contributed by atoms with Gasteiger partial charge in [-0.15, -0.1) is 0 Å². The molecule has 2 heteroatoms. The Morgan fingerprint density at radius 3 is 2.69 bits per heavy atom.